The van der Waals surface area contributed by atoms with Crippen LogP contribution < -0.4 is 5.32 Å². The summed E-state index contributed by atoms with van der Waals surface area (Å²) in [6.45, 7) is 2.77. The van der Waals surface area contributed by atoms with E-state index in [9.17, 15) is 27.9 Å². The Bertz CT molecular complexity index is 900. The second kappa shape index (κ2) is 11.4. The van der Waals surface area contributed by atoms with Crippen LogP contribution in [0.25, 0.3) is 5.69 Å². The third-order valence-corrected chi connectivity index (χ3v) is 5.30. The summed E-state index contributed by atoms with van der Waals surface area (Å²) in [6.07, 6.45) is -5.20. The number of alkyl halides is 3. The summed E-state index contributed by atoms with van der Waals surface area (Å²) < 4.78 is 46.0. The Morgan fingerprint density at radius 2 is 2.09 bits per heavy atom. The maximum Gasteiger partial charge on any atom is 0.389 e. The fourth-order valence-electron chi connectivity index (χ4n) is 3.12. The zero-order valence-electron chi connectivity index (χ0n) is 17.9. The number of amides is 1. The molecule has 0 aliphatic heterocycles. The Balaban J connectivity index is 2.12. The first-order valence-electron chi connectivity index (χ1n) is 9.83. The second-order valence-corrected chi connectivity index (χ2v) is 8.32. The summed E-state index contributed by atoms with van der Waals surface area (Å²) in [4.78, 5) is 25.7. The molecule has 2 unspecified atom stereocenters. The number of hydrogen-bond acceptors (Lipinski definition) is 7. The molecule has 0 saturated carbocycles. The molecule has 1 amide bonds. The standard InChI is InChI=1S/C19H26F3N5O4S/c1-4-31-14(11-26(2)3)9-23-17(28)12(8-19(20,21)22)7-13-10-27(25-24-13)15-5-6-32-16(15)18(29)30/h5-6,10,12,14H,4,7-9,11H2,1-3H3,(H,23,28)(H,29,30). The predicted octanol–water partition coefficient (Wildman–Crippen LogP) is 2.22. The van der Waals surface area contributed by atoms with Gasteiger partial charge in [0.25, 0.3) is 0 Å². The Kier molecular flexibility index (Phi) is 9.16. The third kappa shape index (κ3) is 7.88. The number of ether oxygens (including phenoxy) is 1. The number of halogens is 3. The molecule has 0 aliphatic rings. The van der Waals surface area contributed by atoms with Crippen LogP contribution in [0.5, 0.6) is 0 Å². The van der Waals surface area contributed by atoms with E-state index in [0.717, 1.165) is 11.3 Å². The molecule has 0 spiro atoms. The van der Waals surface area contributed by atoms with E-state index in [4.69, 9.17) is 4.74 Å². The van der Waals surface area contributed by atoms with Gasteiger partial charge < -0.3 is 20.1 Å². The Morgan fingerprint density at radius 3 is 2.69 bits per heavy atom. The van der Waals surface area contributed by atoms with Crippen LogP contribution >= 0.6 is 11.3 Å². The van der Waals surface area contributed by atoms with Gasteiger partial charge in [-0.3, -0.25) is 4.79 Å². The van der Waals surface area contributed by atoms with Crippen molar-refractivity contribution in [1.29, 1.82) is 0 Å². The largest absolute Gasteiger partial charge is 0.477 e. The van der Waals surface area contributed by atoms with Crippen molar-refractivity contribution < 1.29 is 32.6 Å². The Morgan fingerprint density at radius 1 is 1.38 bits per heavy atom. The molecule has 32 heavy (non-hydrogen) atoms. The number of nitrogens with one attached hydrogen (secondary N) is 1. The van der Waals surface area contributed by atoms with Gasteiger partial charge in [0.1, 0.15) is 4.88 Å². The smallest absolute Gasteiger partial charge is 0.389 e. The molecule has 2 N–H and O–H groups in total. The number of aromatic nitrogens is 3. The van der Waals surface area contributed by atoms with E-state index in [2.05, 4.69) is 15.6 Å². The maximum atomic E-state index is 13.1. The van der Waals surface area contributed by atoms with Crippen molar-refractivity contribution in [2.75, 3.05) is 33.8 Å². The minimum absolute atomic E-state index is 0.0221. The van der Waals surface area contributed by atoms with Crippen LogP contribution in [-0.4, -0.2) is 82.9 Å². The number of nitrogens with zero attached hydrogens (tertiary/aromatic N) is 4. The molecule has 0 bridgehead atoms. The van der Waals surface area contributed by atoms with Crippen LogP contribution in [0.1, 0.15) is 28.7 Å². The lowest BCUT2D eigenvalue weighted by molar-refractivity contribution is -0.154. The van der Waals surface area contributed by atoms with Crippen molar-refractivity contribution in [3.05, 3.63) is 28.2 Å². The topological polar surface area (TPSA) is 110 Å². The molecule has 178 valence electrons. The number of thiophene rings is 1. The summed E-state index contributed by atoms with van der Waals surface area (Å²) in [6, 6.07) is 1.52. The van der Waals surface area contributed by atoms with Crippen LogP contribution in [0, 0.1) is 5.92 Å². The van der Waals surface area contributed by atoms with Gasteiger partial charge >= 0.3 is 12.1 Å². The highest BCUT2D eigenvalue weighted by Crippen LogP contribution is 2.27. The van der Waals surface area contributed by atoms with Gasteiger partial charge in [0, 0.05) is 26.1 Å². The molecule has 2 heterocycles. The molecule has 0 saturated heterocycles. The first-order chi connectivity index (χ1) is 15.0. The van der Waals surface area contributed by atoms with Crippen LogP contribution in [0.2, 0.25) is 0 Å². The highest BCUT2D eigenvalue weighted by atomic mass is 32.1. The maximum absolute atomic E-state index is 13.1. The van der Waals surface area contributed by atoms with E-state index in [1.807, 2.05) is 19.0 Å². The van der Waals surface area contributed by atoms with E-state index in [1.165, 1.54) is 16.9 Å². The van der Waals surface area contributed by atoms with Gasteiger partial charge in [-0.25, -0.2) is 9.48 Å². The Labute approximate surface area is 187 Å². The monoisotopic (exact) mass is 477 g/mol. The molecular formula is C19H26F3N5O4S. The summed E-state index contributed by atoms with van der Waals surface area (Å²) in [5.41, 5.74) is 0.396. The van der Waals surface area contributed by atoms with Gasteiger partial charge in [0.2, 0.25) is 5.91 Å². The quantitative estimate of drug-likeness (QED) is 0.482. The fourth-order valence-corrected chi connectivity index (χ4v) is 3.84. The van der Waals surface area contributed by atoms with Gasteiger partial charge in [0.05, 0.1) is 36.0 Å². The number of likely N-dealkylation sites (N-methyl/N-ethyl adjacent to an activating group) is 1. The third-order valence-electron chi connectivity index (χ3n) is 4.41. The molecule has 2 atom stereocenters. The SMILES string of the molecule is CCOC(CNC(=O)C(Cc1cn(-c2ccsc2C(=O)O)nn1)CC(F)(F)F)CN(C)C. The average Bonchev–Trinajstić information content (AvgIpc) is 3.33. The number of aromatic carboxylic acids is 1. The van der Waals surface area contributed by atoms with Crippen LogP contribution in [0.4, 0.5) is 13.2 Å². The summed E-state index contributed by atoms with van der Waals surface area (Å²) in [5, 5.41) is 21.0. The summed E-state index contributed by atoms with van der Waals surface area (Å²) >= 11 is 0.989. The first-order valence-corrected chi connectivity index (χ1v) is 10.7. The molecule has 2 aromatic heterocycles. The van der Waals surface area contributed by atoms with Crippen molar-refractivity contribution in [1.82, 2.24) is 25.2 Å². The number of carboxylic acids is 1. The minimum Gasteiger partial charge on any atom is -0.477 e. The van der Waals surface area contributed by atoms with E-state index >= 15 is 0 Å². The summed E-state index contributed by atoms with van der Waals surface area (Å²) in [7, 11) is 3.65. The highest BCUT2D eigenvalue weighted by molar-refractivity contribution is 7.12. The van der Waals surface area contributed by atoms with E-state index < -0.39 is 30.4 Å². The number of rotatable bonds is 12. The van der Waals surface area contributed by atoms with Crippen LogP contribution in [-0.2, 0) is 16.0 Å². The lowest BCUT2D eigenvalue weighted by Crippen LogP contribution is -2.42. The number of carbonyl (C=O) groups excluding carboxylic acids is 1. The minimum atomic E-state index is -4.55. The van der Waals surface area contributed by atoms with Gasteiger partial charge in [-0.2, -0.15) is 13.2 Å². The molecule has 2 rings (SSSR count). The number of carbonyl (C=O) groups is 2. The van der Waals surface area contributed by atoms with Gasteiger partial charge in [-0.1, -0.05) is 5.21 Å². The average molecular weight is 478 g/mol. The first kappa shape index (κ1) is 25.7. The van der Waals surface area contributed by atoms with Crippen LogP contribution in [0.15, 0.2) is 17.6 Å². The van der Waals surface area contributed by atoms with Crippen molar-refractivity contribution >= 4 is 23.2 Å². The van der Waals surface area contributed by atoms with Crippen LogP contribution in [0.3, 0.4) is 0 Å². The molecule has 2 aromatic rings. The lowest BCUT2D eigenvalue weighted by Gasteiger charge is -2.23. The molecule has 0 radical (unpaired) electrons. The normalized spacial score (nSPS) is 13.8. The Hall–Kier alpha value is -2.51. The van der Waals surface area contributed by atoms with Gasteiger partial charge in [-0.05, 0) is 32.5 Å². The predicted molar refractivity (Wildman–Crippen MR) is 111 cm³/mol. The molecule has 0 aromatic carbocycles. The lowest BCUT2D eigenvalue weighted by atomic mass is 9.98. The zero-order valence-corrected chi connectivity index (χ0v) is 18.7. The van der Waals surface area contributed by atoms with E-state index in [1.54, 1.807) is 12.3 Å². The molecule has 0 aliphatic carbocycles. The molecular weight excluding hydrogens is 451 g/mol. The molecule has 13 heteroatoms. The number of hydrogen-bond donors (Lipinski definition) is 2. The zero-order chi connectivity index (χ0) is 23.9. The van der Waals surface area contributed by atoms with E-state index in [0.29, 0.717) is 13.2 Å². The number of carboxylic acid groups (broad SMARTS) is 1. The van der Waals surface area contributed by atoms with Crippen molar-refractivity contribution in [2.45, 2.75) is 32.0 Å². The molecule has 0 fully saturated rings. The van der Waals surface area contributed by atoms with Gasteiger partial charge in [0.15, 0.2) is 0 Å². The van der Waals surface area contributed by atoms with Gasteiger partial charge in [-0.15, -0.1) is 16.4 Å². The van der Waals surface area contributed by atoms with Crippen molar-refractivity contribution in [2.24, 2.45) is 5.92 Å². The highest BCUT2D eigenvalue weighted by Gasteiger charge is 2.36. The molecule has 9 nitrogen and oxygen atoms in total. The summed E-state index contributed by atoms with van der Waals surface area (Å²) in [5.74, 6) is -3.33. The van der Waals surface area contributed by atoms with Crippen molar-refractivity contribution in [3.63, 3.8) is 0 Å². The fraction of sp³-hybridized carbons (Fsp3) is 0.579. The van der Waals surface area contributed by atoms with E-state index in [-0.39, 0.29) is 35.3 Å². The van der Waals surface area contributed by atoms with Crippen molar-refractivity contribution in [3.8, 4) is 5.69 Å². The second-order valence-electron chi connectivity index (χ2n) is 7.40.